The van der Waals surface area contributed by atoms with Crippen LogP contribution in [0.1, 0.15) is 75.6 Å². The lowest BCUT2D eigenvalue weighted by atomic mass is 9.90. The number of nitrogens with zero attached hydrogens (tertiary/aromatic N) is 2. The molecule has 3 rings (SSSR count). The van der Waals surface area contributed by atoms with Crippen molar-refractivity contribution in [1.82, 2.24) is 4.72 Å². The van der Waals surface area contributed by atoms with Gasteiger partial charge in [0, 0.05) is 24.5 Å². The van der Waals surface area contributed by atoms with Crippen LogP contribution < -0.4 is 14.9 Å². The summed E-state index contributed by atoms with van der Waals surface area (Å²) < 4.78 is 34.2. The number of carbonyl (C=O) groups is 1. The van der Waals surface area contributed by atoms with Gasteiger partial charge in [-0.05, 0) is 72.7 Å². The lowest BCUT2D eigenvalue weighted by Gasteiger charge is -2.30. The third kappa shape index (κ3) is 6.80. The highest BCUT2D eigenvalue weighted by molar-refractivity contribution is 7.90. The molecule has 1 heterocycles. The molecule has 37 heavy (non-hydrogen) atoms. The minimum Gasteiger partial charge on any atom is -0.386 e. The van der Waals surface area contributed by atoms with Gasteiger partial charge in [-0.1, -0.05) is 27.7 Å². The predicted molar refractivity (Wildman–Crippen MR) is 143 cm³/mol. The smallest absolute Gasteiger partial charge is 0.333 e. The number of hydrogen-bond acceptors (Lipinski definition) is 7. The molecule has 2 aromatic rings. The number of aliphatic hydroxyl groups is 1. The van der Waals surface area contributed by atoms with E-state index in [4.69, 9.17) is 4.74 Å². The zero-order valence-corrected chi connectivity index (χ0v) is 23.1. The number of nitriles is 1. The van der Waals surface area contributed by atoms with E-state index in [1.807, 2.05) is 32.6 Å². The van der Waals surface area contributed by atoms with Crippen molar-refractivity contribution in [2.45, 2.75) is 63.9 Å². The molecule has 9 nitrogen and oxygen atoms in total. The second-order valence-corrected chi connectivity index (χ2v) is 12.1. The van der Waals surface area contributed by atoms with Crippen LogP contribution in [-0.4, -0.2) is 45.9 Å². The van der Waals surface area contributed by atoms with Crippen LogP contribution in [0.25, 0.3) is 0 Å². The number of benzene rings is 2. The SMILES string of the molecule is CC(C)c1cc(C#N)cc(C(C)C)c1NC(=O)NS(=O)(=O)c1cc(N2CCOCC2)cc(C(C)(C)O)c1. The van der Waals surface area contributed by atoms with Gasteiger partial charge in [-0.2, -0.15) is 5.26 Å². The molecule has 0 radical (unpaired) electrons. The Morgan fingerprint density at radius 3 is 2.11 bits per heavy atom. The number of amides is 2. The Kier molecular flexibility index (Phi) is 8.52. The van der Waals surface area contributed by atoms with Crippen LogP contribution in [0.4, 0.5) is 16.2 Å². The minimum atomic E-state index is -4.29. The molecule has 2 aromatic carbocycles. The molecule has 3 N–H and O–H groups in total. The Hall–Kier alpha value is -3.13. The fourth-order valence-electron chi connectivity index (χ4n) is 4.22. The van der Waals surface area contributed by atoms with Gasteiger partial charge in [-0.25, -0.2) is 17.9 Å². The summed E-state index contributed by atoms with van der Waals surface area (Å²) in [6, 6.07) is 9.29. The molecule has 10 heteroatoms. The average molecular weight is 529 g/mol. The Morgan fingerprint density at radius 2 is 1.62 bits per heavy atom. The van der Waals surface area contributed by atoms with Crippen LogP contribution in [0.3, 0.4) is 0 Å². The molecule has 0 saturated carbocycles. The number of urea groups is 1. The van der Waals surface area contributed by atoms with Crippen LogP contribution in [0.15, 0.2) is 35.2 Å². The van der Waals surface area contributed by atoms with Gasteiger partial charge in [0.15, 0.2) is 0 Å². The average Bonchev–Trinajstić information content (AvgIpc) is 2.83. The summed E-state index contributed by atoms with van der Waals surface area (Å²) in [6.07, 6.45) is 0. The van der Waals surface area contributed by atoms with Crippen molar-refractivity contribution in [3.8, 4) is 6.07 Å². The maximum absolute atomic E-state index is 13.3. The number of anilines is 2. The van der Waals surface area contributed by atoms with Gasteiger partial charge in [-0.3, -0.25) is 0 Å². The zero-order valence-electron chi connectivity index (χ0n) is 22.3. The monoisotopic (exact) mass is 528 g/mol. The maximum atomic E-state index is 13.3. The predicted octanol–water partition coefficient (Wildman–Crippen LogP) is 4.38. The number of sulfonamides is 1. The van der Waals surface area contributed by atoms with Crippen LogP contribution in [0, 0.1) is 11.3 Å². The second kappa shape index (κ2) is 11.1. The van der Waals surface area contributed by atoms with E-state index in [1.54, 1.807) is 32.0 Å². The Morgan fingerprint density at radius 1 is 1.05 bits per heavy atom. The van der Waals surface area contributed by atoms with E-state index in [1.165, 1.54) is 12.1 Å². The van der Waals surface area contributed by atoms with Crippen LogP contribution in [0.5, 0.6) is 0 Å². The summed E-state index contributed by atoms with van der Waals surface area (Å²) in [5, 5.41) is 22.8. The van der Waals surface area contributed by atoms with Gasteiger partial charge < -0.3 is 20.1 Å². The molecule has 1 fully saturated rings. The van der Waals surface area contributed by atoms with Gasteiger partial charge in [0.05, 0.1) is 35.3 Å². The van der Waals surface area contributed by atoms with E-state index in [0.29, 0.717) is 48.8 Å². The number of hydrogen-bond donors (Lipinski definition) is 3. The lowest BCUT2D eigenvalue weighted by Crippen LogP contribution is -2.37. The van der Waals surface area contributed by atoms with Crippen LogP contribution >= 0.6 is 0 Å². The fraction of sp³-hybridized carbons (Fsp3) is 0.481. The van der Waals surface area contributed by atoms with E-state index in [-0.39, 0.29) is 16.7 Å². The van der Waals surface area contributed by atoms with Crippen molar-refractivity contribution in [2.75, 3.05) is 36.5 Å². The third-order valence-electron chi connectivity index (χ3n) is 6.32. The molecule has 200 valence electrons. The number of nitrogens with one attached hydrogen (secondary N) is 2. The highest BCUT2D eigenvalue weighted by Crippen LogP contribution is 2.34. The van der Waals surface area contributed by atoms with E-state index < -0.39 is 21.7 Å². The molecule has 2 amide bonds. The molecule has 0 aromatic heterocycles. The molecule has 0 bridgehead atoms. The summed E-state index contributed by atoms with van der Waals surface area (Å²) >= 11 is 0. The molecule has 1 saturated heterocycles. The molecular formula is C27H36N4O5S. The van der Waals surface area contributed by atoms with Crippen molar-refractivity contribution in [3.63, 3.8) is 0 Å². The molecule has 0 atom stereocenters. The fourth-order valence-corrected chi connectivity index (χ4v) is 5.19. The number of morpholine rings is 1. The molecular weight excluding hydrogens is 492 g/mol. The summed E-state index contributed by atoms with van der Waals surface area (Å²) in [7, 11) is -4.29. The van der Waals surface area contributed by atoms with Gasteiger partial charge in [0.1, 0.15) is 0 Å². The molecule has 1 aliphatic rings. The Bertz CT molecular complexity index is 1270. The lowest BCUT2D eigenvalue weighted by molar-refractivity contribution is 0.0783. The van der Waals surface area contributed by atoms with Gasteiger partial charge in [-0.15, -0.1) is 0 Å². The van der Waals surface area contributed by atoms with Crippen molar-refractivity contribution in [3.05, 3.63) is 52.6 Å². The Labute approximate surface area is 219 Å². The van der Waals surface area contributed by atoms with Crippen molar-refractivity contribution in [1.29, 1.82) is 5.26 Å². The van der Waals surface area contributed by atoms with Crippen molar-refractivity contribution < 1.29 is 23.1 Å². The first-order chi connectivity index (χ1) is 17.2. The molecule has 0 unspecified atom stereocenters. The Balaban J connectivity index is 1.97. The zero-order chi connectivity index (χ0) is 27.5. The minimum absolute atomic E-state index is 0.0164. The van der Waals surface area contributed by atoms with E-state index in [2.05, 4.69) is 16.1 Å². The number of rotatable bonds is 7. The quantitative estimate of drug-likeness (QED) is 0.486. The summed E-state index contributed by atoms with van der Waals surface area (Å²) in [6.45, 7) is 13.1. The van der Waals surface area contributed by atoms with Crippen LogP contribution in [0.2, 0.25) is 0 Å². The molecule has 0 aliphatic carbocycles. The highest BCUT2D eigenvalue weighted by Gasteiger charge is 2.26. The van der Waals surface area contributed by atoms with Crippen molar-refractivity contribution >= 4 is 27.4 Å². The normalized spacial score (nSPS) is 14.5. The van der Waals surface area contributed by atoms with E-state index in [9.17, 15) is 23.6 Å². The summed E-state index contributed by atoms with van der Waals surface area (Å²) in [5.74, 6) is -0.0329. The third-order valence-corrected chi connectivity index (χ3v) is 7.63. The summed E-state index contributed by atoms with van der Waals surface area (Å²) in [4.78, 5) is 14.9. The highest BCUT2D eigenvalue weighted by atomic mass is 32.2. The van der Waals surface area contributed by atoms with Crippen molar-refractivity contribution in [2.24, 2.45) is 0 Å². The van der Waals surface area contributed by atoms with E-state index in [0.717, 1.165) is 11.1 Å². The van der Waals surface area contributed by atoms with E-state index >= 15 is 0 Å². The summed E-state index contributed by atoms with van der Waals surface area (Å²) in [5.41, 5.74) is 2.20. The number of ether oxygens (including phenoxy) is 1. The maximum Gasteiger partial charge on any atom is 0.333 e. The first-order valence-electron chi connectivity index (χ1n) is 12.3. The largest absolute Gasteiger partial charge is 0.386 e. The number of carbonyl (C=O) groups excluding carboxylic acids is 1. The standard InChI is InChI=1S/C27H36N4O5S/c1-17(2)23-11-19(16-28)12-24(18(3)4)25(23)29-26(32)30-37(34,35)22-14-20(27(5,6)33)13-21(15-22)31-7-9-36-10-8-31/h11-15,17-18,33H,7-10H2,1-6H3,(H2,29,30,32). The first kappa shape index (κ1) is 28.4. The molecule has 1 aliphatic heterocycles. The van der Waals surface area contributed by atoms with Gasteiger partial charge in [0.2, 0.25) is 0 Å². The van der Waals surface area contributed by atoms with Crippen LogP contribution in [-0.2, 0) is 20.4 Å². The first-order valence-corrected chi connectivity index (χ1v) is 13.8. The van der Waals surface area contributed by atoms with Gasteiger partial charge >= 0.3 is 6.03 Å². The molecule has 0 spiro atoms. The van der Waals surface area contributed by atoms with Gasteiger partial charge in [0.25, 0.3) is 10.0 Å². The topological polar surface area (TPSA) is 132 Å². The second-order valence-electron chi connectivity index (χ2n) is 10.4.